The maximum absolute atomic E-state index is 12.6. The van der Waals surface area contributed by atoms with Gasteiger partial charge in [0, 0.05) is 41.3 Å². The van der Waals surface area contributed by atoms with E-state index in [4.69, 9.17) is 0 Å². The Labute approximate surface area is 169 Å². The van der Waals surface area contributed by atoms with Crippen molar-refractivity contribution in [2.45, 2.75) is 38.6 Å². The van der Waals surface area contributed by atoms with Crippen LogP contribution in [0.5, 0.6) is 0 Å². The number of benzene rings is 2. The fourth-order valence-corrected chi connectivity index (χ4v) is 4.09. The van der Waals surface area contributed by atoms with Crippen molar-refractivity contribution in [1.82, 2.24) is 19.7 Å². The lowest BCUT2D eigenvalue weighted by atomic mass is 10.1. The van der Waals surface area contributed by atoms with Gasteiger partial charge in [0.15, 0.2) is 5.82 Å². The number of hydrogen-bond acceptors (Lipinski definition) is 3. The van der Waals surface area contributed by atoms with Crippen molar-refractivity contribution >= 4 is 22.5 Å². The topological polar surface area (TPSA) is 75.6 Å². The third kappa shape index (κ3) is 3.53. The van der Waals surface area contributed by atoms with E-state index in [1.54, 1.807) is 0 Å². The van der Waals surface area contributed by atoms with Crippen LogP contribution in [0, 0.1) is 0 Å². The highest BCUT2D eigenvalue weighted by atomic mass is 16.1. The third-order valence-corrected chi connectivity index (χ3v) is 5.54. The van der Waals surface area contributed by atoms with Gasteiger partial charge in [-0.15, -0.1) is 10.2 Å². The van der Waals surface area contributed by atoms with Crippen LogP contribution in [0.3, 0.4) is 0 Å². The van der Waals surface area contributed by atoms with Crippen molar-refractivity contribution in [3.63, 3.8) is 0 Å². The van der Waals surface area contributed by atoms with Gasteiger partial charge in [0.1, 0.15) is 5.82 Å². The van der Waals surface area contributed by atoms with E-state index in [0.717, 1.165) is 58.8 Å². The Morgan fingerprint density at radius 3 is 2.97 bits per heavy atom. The largest absolute Gasteiger partial charge is 0.361 e. The smallest absolute Gasteiger partial charge is 0.228 e. The molecule has 0 aliphatic carbocycles. The molecule has 2 aromatic heterocycles. The minimum Gasteiger partial charge on any atom is -0.361 e. The van der Waals surface area contributed by atoms with Gasteiger partial charge in [-0.05, 0) is 36.6 Å². The van der Waals surface area contributed by atoms with E-state index in [-0.39, 0.29) is 5.91 Å². The number of carbonyl (C=O) groups excluding carboxylic acids is 1. The molecule has 0 radical (unpaired) electrons. The van der Waals surface area contributed by atoms with Gasteiger partial charge in [0.05, 0.1) is 6.42 Å². The van der Waals surface area contributed by atoms with Crippen LogP contribution in [-0.2, 0) is 24.2 Å². The predicted octanol–water partition coefficient (Wildman–Crippen LogP) is 4.33. The minimum absolute atomic E-state index is 0.0352. The summed E-state index contributed by atoms with van der Waals surface area (Å²) in [5, 5.41) is 12.9. The summed E-state index contributed by atoms with van der Waals surface area (Å²) in [6.07, 6.45) is 6.77. The molecule has 1 aliphatic rings. The number of nitrogens with one attached hydrogen (secondary N) is 2. The second kappa shape index (κ2) is 7.54. The summed E-state index contributed by atoms with van der Waals surface area (Å²) in [7, 11) is 0. The lowest BCUT2D eigenvalue weighted by Crippen LogP contribution is -2.14. The van der Waals surface area contributed by atoms with Gasteiger partial charge < -0.3 is 14.9 Å². The Balaban J connectivity index is 1.35. The van der Waals surface area contributed by atoms with Gasteiger partial charge in [-0.2, -0.15) is 0 Å². The first-order valence-electron chi connectivity index (χ1n) is 10.2. The molecule has 0 saturated carbocycles. The normalized spacial score (nSPS) is 13.8. The molecule has 29 heavy (non-hydrogen) atoms. The second-order valence-corrected chi connectivity index (χ2v) is 7.57. The molecule has 0 saturated heterocycles. The molecular weight excluding hydrogens is 362 g/mol. The van der Waals surface area contributed by atoms with Crippen LogP contribution in [0.1, 0.15) is 30.7 Å². The number of carbonyl (C=O) groups is 1. The van der Waals surface area contributed by atoms with E-state index in [0.29, 0.717) is 6.42 Å². The molecule has 4 aromatic rings. The average molecular weight is 385 g/mol. The predicted molar refractivity (Wildman–Crippen MR) is 114 cm³/mol. The van der Waals surface area contributed by atoms with Crippen LogP contribution in [0.25, 0.3) is 22.3 Å². The van der Waals surface area contributed by atoms with E-state index in [9.17, 15) is 4.79 Å². The van der Waals surface area contributed by atoms with Gasteiger partial charge in [-0.3, -0.25) is 4.79 Å². The molecule has 2 aromatic carbocycles. The van der Waals surface area contributed by atoms with Crippen LogP contribution in [0.15, 0.2) is 54.7 Å². The third-order valence-electron chi connectivity index (χ3n) is 5.54. The van der Waals surface area contributed by atoms with E-state index in [1.807, 2.05) is 54.7 Å². The summed E-state index contributed by atoms with van der Waals surface area (Å²) in [5.74, 6) is 1.91. The first-order chi connectivity index (χ1) is 14.3. The molecule has 3 heterocycles. The van der Waals surface area contributed by atoms with Gasteiger partial charge in [0.25, 0.3) is 0 Å². The summed E-state index contributed by atoms with van der Waals surface area (Å²) in [6.45, 7) is 0.953. The average Bonchev–Trinajstić information content (AvgIpc) is 3.25. The zero-order valence-corrected chi connectivity index (χ0v) is 16.2. The number of aromatic nitrogens is 4. The van der Waals surface area contributed by atoms with Crippen LogP contribution >= 0.6 is 0 Å². The van der Waals surface area contributed by atoms with Gasteiger partial charge in [-0.1, -0.05) is 36.8 Å². The number of H-pyrrole nitrogens is 1. The number of para-hydroxylation sites is 1. The summed E-state index contributed by atoms with van der Waals surface area (Å²) in [4.78, 5) is 15.9. The molecule has 6 heteroatoms. The van der Waals surface area contributed by atoms with Crippen molar-refractivity contribution in [2.75, 3.05) is 5.32 Å². The number of aryl methyl sites for hydroxylation is 1. The van der Waals surface area contributed by atoms with Crippen molar-refractivity contribution in [2.24, 2.45) is 0 Å². The molecule has 0 atom stereocenters. The molecule has 0 spiro atoms. The molecular formula is C23H23N5O. The van der Waals surface area contributed by atoms with Crippen molar-refractivity contribution in [1.29, 1.82) is 0 Å². The number of fused-ring (bicyclic) bond motifs is 2. The Hall–Kier alpha value is -3.41. The maximum atomic E-state index is 12.6. The molecule has 1 aliphatic heterocycles. The zero-order chi connectivity index (χ0) is 19.6. The number of hydrogen-bond donors (Lipinski definition) is 2. The van der Waals surface area contributed by atoms with Crippen molar-refractivity contribution in [3.05, 3.63) is 66.1 Å². The lowest BCUT2D eigenvalue weighted by Gasteiger charge is -2.09. The lowest BCUT2D eigenvalue weighted by molar-refractivity contribution is -0.115. The van der Waals surface area contributed by atoms with E-state index in [1.165, 1.54) is 12.8 Å². The number of nitrogens with zero attached hydrogens (tertiary/aromatic N) is 3. The molecule has 1 amide bonds. The number of aromatic amines is 1. The molecule has 0 fully saturated rings. The first-order valence-corrected chi connectivity index (χ1v) is 10.2. The maximum Gasteiger partial charge on any atom is 0.228 e. The highest BCUT2D eigenvalue weighted by Crippen LogP contribution is 2.25. The minimum atomic E-state index is -0.0352. The Morgan fingerprint density at radius 1 is 1.07 bits per heavy atom. The molecule has 6 nitrogen and oxygen atoms in total. The SMILES string of the molecule is O=C(Cc1c[nH]c2ccccc12)Nc1cccc(-c2nnc3n2CCCCC3)c1. The molecule has 5 rings (SSSR count). The quantitative estimate of drug-likeness (QED) is 0.549. The standard InChI is InChI=1S/C23H23N5O/c29-22(14-17-15-24-20-10-4-3-9-19(17)20)25-18-8-6-7-16(13-18)23-27-26-21-11-2-1-5-12-28(21)23/h3-4,6-10,13,15,24H,1-2,5,11-12,14H2,(H,25,29). The van der Waals surface area contributed by atoms with E-state index >= 15 is 0 Å². The molecule has 0 unspecified atom stereocenters. The van der Waals surface area contributed by atoms with E-state index in [2.05, 4.69) is 25.1 Å². The number of amides is 1. The summed E-state index contributed by atoms with van der Waals surface area (Å²) in [5.41, 5.74) is 3.80. The van der Waals surface area contributed by atoms with Crippen molar-refractivity contribution in [3.8, 4) is 11.4 Å². The number of anilines is 1. The van der Waals surface area contributed by atoms with Crippen LogP contribution in [0.2, 0.25) is 0 Å². The summed E-state index contributed by atoms with van der Waals surface area (Å²) in [6, 6.07) is 15.9. The monoisotopic (exact) mass is 385 g/mol. The zero-order valence-electron chi connectivity index (χ0n) is 16.2. The molecule has 0 bridgehead atoms. The van der Waals surface area contributed by atoms with Gasteiger partial charge >= 0.3 is 0 Å². The first kappa shape index (κ1) is 17.7. The summed E-state index contributed by atoms with van der Waals surface area (Å²) >= 11 is 0. The number of rotatable bonds is 4. The second-order valence-electron chi connectivity index (χ2n) is 7.57. The van der Waals surface area contributed by atoms with Gasteiger partial charge in [0.2, 0.25) is 5.91 Å². The Morgan fingerprint density at radius 2 is 2.00 bits per heavy atom. The fraction of sp³-hybridized carbons (Fsp3) is 0.261. The highest BCUT2D eigenvalue weighted by Gasteiger charge is 2.16. The Bertz CT molecular complexity index is 1170. The Kier molecular flexibility index (Phi) is 4.60. The van der Waals surface area contributed by atoms with E-state index < -0.39 is 0 Å². The summed E-state index contributed by atoms with van der Waals surface area (Å²) < 4.78 is 2.22. The van der Waals surface area contributed by atoms with Gasteiger partial charge in [-0.25, -0.2) is 0 Å². The van der Waals surface area contributed by atoms with Crippen LogP contribution in [-0.4, -0.2) is 25.7 Å². The van der Waals surface area contributed by atoms with Crippen LogP contribution < -0.4 is 5.32 Å². The van der Waals surface area contributed by atoms with Crippen LogP contribution in [0.4, 0.5) is 5.69 Å². The van der Waals surface area contributed by atoms with Crippen molar-refractivity contribution < 1.29 is 4.79 Å². The fourth-order valence-electron chi connectivity index (χ4n) is 4.09. The molecule has 146 valence electrons. The highest BCUT2D eigenvalue weighted by molar-refractivity contribution is 5.96. The molecule has 2 N–H and O–H groups in total.